The van der Waals surface area contributed by atoms with Crippen molar-refractivity contribution in [2.75, 3.05) is 26.2 Å². The molecule has 0 aliphatic heterocycles. The normalized spacial score (nSPS) is 13.2. The third-order valence-electron chi connectivity index (χ3n) is 6.73. The lowest BCUT2D eigenvalue weighted by molar-refractivity contribution is -0.138. The minimum atomic E-state index is -1.21. The minimum Gasteiger partial charge on any atom is -0.480 e. The van der Waals surface area contributed by atoms with Gasteiger partial charge in [0.15, 0.2) is 0 Å². The van der Waals surface area contributed by atoms with Crippen LogP contribution in [0.4, 0.5) is 14.4 Å². The van der Waals surface area contributed by atoms with Crippen LogP contribution in [0.2, 0.25) is 0 Å². The molecule has 0 saturated heterocycles. The van der Waals surface area contributed by atoms with Crippen molar-refractivity contribution in [2.45, 2.75) is 84.0 Å². The van der Waals surface area contributed by atoms with Gasteiger partial charge in [0.25, 0.3) is 0 Å². The maximum atomic E-state index is 13.1. The number of carboxylic acid groups (broad SMARTS) is 1. The summed E-state index contributed by atoms with van der Waals surface area (Å²) in [4.78, 5) is 50.5. The molecule has 1 atom stereocenters. The predicted molar refractivity (Wildman–Crippen MR) is 166 cm³/mol. The van der Waals surface area contributed by atoms with Crippen molar-refractivity contribution in [3.05, 3.63) is 59.7 Å². The average molecular weight is 612 g/mol. The molecule has 11 heteroatoms. The Morgan fingerprint density at radius 3 is 1.95 bits per heavy atom. The molecule has 0 heterocycles. The number of hydrogen-bond donors (Lipinski definition) is 3. The first-order valence-electron chi connectivity index (χ1n) is 14.9. The van der Waals surface area contributed by atoms with Crippen molar-refractivity contribution < 1.29 is 38.5 Å². The van der Waals surface area contributed by atoms with Gasteiger partial charge in [0.2, 0.25) is 0 Å². The first-order valence-corrected chi connectivity index (χ1v) is 14.9. The summed E-state index contributed by atoms with van der Waals surface area (Å²) in [5.74, 6) is -1.34. The molecule has 0 aromatic heterocycles. The molecule has 0 unspecified atom stereocenters. The first-order chi connectivity index (χ1) is 20.6. The van der Waals surface area contributed by atoms with Crippen LogP contribution >= 0.6 is 0 Å². The van der Waals surface area contributed by atoms with E-state index in [4.69, 9.17) is 14.2 Å². The van der Waals surface area contributed by atoms with Crippen molar-refractivity contribution in [3.8, 4) is 11.1 Å². The van der Waals surface area contributed by atoms with Crippen LogP contribution in [0, 0.1) is 0 Å². The molecule has 1 aliphatic rings. The number of aliphatic carboxylic acids is 1. The number of unbranched alkanes of at least 4 members (excludes halogenated alkanes) is 1. The second-order valence-corrected chi connectivity index (χ2v) is 12.8. The van der Waals surface area contributed by atoms with Crippen LogP contribution in [-0.4, -0.2) is 77.7 Å². The number of hydrogen-bond acceptors (Lipinski definition) is 7. The van der Waals surface area contributed by atoms with E-state index in [1.165, 1.54) is 0 Å². The number of nitrogens with one attached hydrogen (secondary N) is 2. The van der Waals surface area contributed by atoms with Crippen LogP contribution < -0.4 is 10.6 Å². The van der Waals surface area contributed by atoms with E-state index in [2.05, 4.69) is 22.8 Å². The quantitative estimate of drug-likeness (QED) is 0.199. The van der Waals surface area contributed by atoms with E-state index >= 15 is 0 Å². The van der Waals surface area contributed by atoms with Gasteiger partial charge >= 0.3 is 24.2 Å². The summed E-state index contributed by atoms with van der Waals surface area (Å²) in [5, 5.41) is 15.0. The summed E-state index contributed by atoms with van der Waals surface area (Å²) in [6, 6.07) is 15.4. The monoisotopic (exact) mass is 611 g/mol. The number of amides is 3. The molecule has 3 N–H and O–H groups in total. The third-order valence-corrected chi connectivity index (χ3v) is 6.73. The maximum absolute atomic E-state index is 13.1. The van der Waals surface area contributed by atoms with Crippen molar-refractivity contribution in [1.29, 1.82) is 0 Å². The summed E-state index contributed by atoms with van der Waals surface area (Å²) >= 11 is 0. The molecule has 11 nitrogen and oxygen atoms in total. The molecule has 0 fully saturated rings. The second-order valence-electron chi connectivity index (χ2n) is 12.8. The smallest absolute Gasteiger partial charge is 0.410 e. The Kier molecular flexibility index (Phi) is 11.6. The number of rotatable bonds is 12. The van der Waals surface area contributed by atoms with Gasteiger partial charge in [0, 0.05) is 25.0 Å². The summed E-state index contributed by atoms with van der Waals surface area (Å²) in [6.07, 6.45) is -0.497. The van der Waals surface area contributed by atoms with E-state index in [-0.39, 0.29) is 19.1 Å². The van der Waals surface area contributed by atoms with Crippen LogP contribution in [0.5, 0.6) is 0 Å². The second kappa shape index (κ2) is 14.9. The summed E-state index contributed by atoms with van der Waals surface area (Å²) in [5.41, 5.74) is 2.92. The molecule has 2 aromatic rings. The lowest BCUT2D eigenvalue weighted by Gasteiger charge is -2.29. The Balaban J connectivity index is 1.66. The number of nitrogens with zero attached hydrogens (tertiary/aromatic N) is 1. The topological polar surface area (TPSA) is 144 Å². The van der Waals surface area contributed by atoms with Crippen LogP contribution in [-0.2, 0) is 19.0 Å². The Morgan fingerprint density at radius 1 is 0.841 bits per heavy atom. The summed E-state index contributed by atoms with van der Waals surface area (Å²) in [7, 11) is 0. The van der Waals surface area contributed by atoms with Gasteiger partial charge in [0.1, 0.15) is 24.4 Å². The molecule has 240 valence electrons. The van der Waals surface area contributed by atoms with Gasteiger partial charge in [-0.1, -0.05) is 48.5 Å². The van der Waals surface area contributed by atoms with E-state index < -0.39 is 48.0 Å². The maximum Gasteiger partial charge on any atom is 0.410 e. The Hall–Kier alpha value is -4.28. The number of ether oxygens (including phenoxy) is 3. The SMILES string of the molecule is CC(C)(C)OC(=O)NCCCC[C@@H](CN(CC(=O)O)C(=O)OC(C)(C)C)NC(=O)OCC1c2ccccc2-c2ccccc21. The van der Waals surface area contributed by atoms with Gasteiger partial charge in [0.05, 0.1) is 0 Å². The van der Waals surface area contributed by atoms with Crippen molar-refractivity contribution in [3.63, 3.8) is 0 Å². The fraction of sp³-hybridized carbons (Fsp3) is 0.515. The fourth-order valence-electron chi connectivity index (χ4n) is 5.00. The number of carboxylic acids is 1. The van der Waals surface area contributed by atoms with Gasteiger partial charge in [-0.25, -0.2) is 14.4 Å². The lowest BCUT2D eigenvalue weighted by atomic mass is 9.98. The first kappa shape index (κ1) is 34.2. The van der Waals surface area contributed by atoms with E-state index in [0.29, 0.717) is 25.8 Å². The van der Waals surface area contributed by atoms with Gasteiger partial charge in [-0.3, -0.25) is 9.69 Å². The Bertz CT molecular complexity index is 1270. The van der Waals surface area contributed by atoms with Gasteiger partial charge in [-0.05, 0) is 83.1 Å². The van der Waals surface area contributed by atoms with E-state index in [1.54, 1.807) is 41.5 Å². The van der Waals surface area contributed by atoms with Gasteiger partial charge < -0.3 is 30.0 Å². The highest BCUT2D eigenvalue weighted by Crippen LogP contribution is 2.44. The van der Waals surface area contributed by atoms with Crippen molar-refractivity contribution >= 4 is 24.2 Å². The Labute approximate surface area is 259 Å². The van der Waals surface area contributed by atoms with Gasteiger partial charge in [-0.2, -0.15) is 0 Å². The highest BCUT2D eigenvalue weighted by Gasteiger charge is 2.30. The number of fused-ring (bicyclic) bond motifs is 3. The van der Waals surface area contributed by atoms with Crippen LogP contribution in [0.25, 0.3) is 11.1 Å². The molecule has 3 amide bonds. The third kappa shape index (κ3) is 10.8. The molecule has 3 rings (SSSR count). The Morgan fingerprint density at radius 2 is 1.41 bits per heavy atom. The zero-order valence-corrected chi connectivity index (χ0v) is 26.5. The number of benzene rings is 2. The highest BCUT2D eigenvalue weighted by atomic mass is 16.6. The summed E-state index contributed by atoms with van der Waals surface area (Å²) < 4.78 is 16.4. The molecule has 0 radical (unpaired) electrons. The van der Waals surface area contributed by atoms with E-state index in [1.807, 2.05) is 36.4 Å². The highest BCUT2D eigenvalue weighted by molar-refractivity contribution is 5.79. The van der Waals surface area contributed by atoms with Crippen LogP contribution in [0.1, 0.15) is 77.8 Å². The van der Waals surface area contributed by atoms with E-state index in [9.17, 15) is 24.3 Å². The fourth-order valence-corrected chi connectivity index (χ4v) is 5.00. The van der Waals surface area contributed by atoms with E-state index in [0.717, 1.165) is 27.2 Å². The predicted octanol–water partition coefficient (Wildman–Crippen LogP) is 5.91. The van der Waals surface area contributed by atoms with Crippen molar-refractivity contribution in [1.82, 2.24) is 15.5 Å². The molecule has 44 heavy (non-hydrogen) atoms. The molecule has 2 aromatic carbocycles. The zero-order valence-electron chi connectivity index (χ0n) is 26.5. The number of alkyl carbamates (subject to hydrolysis) is 2. The average Bonchev–Trinajstić information content (AvgIpc) is 3.22. The minimum absolute atomic E-state index is 0.106. The molecule has 0 bridgehead atoms. The molecular weight excluding hydrogens is 566 g/mol. The van der Waals surface area contributed by atoms with Crippen LogP contribution in [0.3, 0.4) is 0 Å². The molecule has 0 saturated carbocycles. The van der Waals surface area contributed by atoms with Gasteiger partial charge in [-0.15, -0.1) is 0 Å². The zero-order chi connectivity index (χ0) is 32.5. The largest absolute Gasteiger partial charge is 0.480 e. The van der Waals surface area contributed by atoms with Crippen LogP contribution in [0.15, 0.2) is 48.5 Å². The summed E-state index contributed by atoms with van der Waals surface area (Å²) in [6.45, 7) is 10.1. The van der Waals surface area contributed by atoms with Crippen molar-refractivity contribution in [2.24, 2.45) is 0 Å². The molecule has 0 spiro atoms. The standard InChI is InChI=1S/C33H45N3O8/c1-32(2,3)43-29(39)34-18-12-11-13-22(19-36(20-28(37)38)31(41)44-33(4,5)6)35-30(40)42-21-27-25-16-9-7-14-23(25)24-15-8-10-17-26(24)27/h7-10,14-17,22,27H,11-13,18-21H2,1-6H3,(H,34,39)(H,35,40)(H,37,38)/t22-/m0/s1. The molecular formula is C33H45N3O8. The molecule has 1 aliphatic carbocycles. The lowest BCUT2D eigenvalue weighted by Crippen LogP contribution is -2.49. The number of carbonyl (C=O) groups excluding carboxylic acids is 3. The number of carbonyl (C=O) groups is 4.